The third-order valence-corrected chi connectivity index (χ3v) is 5.88. The summed E-state index contributed by atoms with van der Waals surface area (Å²) in [6.45, 7) is 0. The van der Waals surface area contributed by atoms with Gasteiger partial charge in [0.05, 0.1) is 11.1 Å². The second-order valence-electron chi connectivity index (χ2n) is 8.34. The first-order valence-electron chi connectivity index (χ1n) is 11.4. The van der Waals surface area contributed by atoms with Gasteiger partial charge in [0.2, 0.25) is 5.88 Å². The minimum absolute atomic E-state index is 0.00956. The van der Waals surface area contributed by atoms with Crippen LogP contribution in [0.15, 0.2) is 101 Å². The van der Waals surface area contributed by atoms with Crippen LogP contribution in [-0.4, -0.2) is 26.0 Å². The number of fused-ring (bicyclic) bond motifs is 1. The Morgan fingerprint density at radius 1 is 0.846 bits per heavy atom. The topological polar surface area (TPSA) is 117 Å². The van der Waals surface area contributed by atoms with Crippen LogP contribution in [0.1, 0.15) is 5.56 Å². The van der Waals surface area contributed by atoms with E-state index in [0.717, 1.165) is 12.1 Å². The van der Waals surface area contributed by atoms with Crippen LogP contribution in [0.5, 0.6) is 17.4 Å². The van der Waals surface area contributed by atoms with Gasteiger partial charge in [0.15, 0.2) is 11.4 Å². The zero-order chi connectivity index (χ0) is 27.7. The highest BCUT2D eigenvalue weighted by Crippen LogP contribution is 2.44. The number of alkyl halides is 3. The summed E-state index contributed by atoms with van der Waals surface area (Å²) in [6, 6.07) is 21.9. The number of hydrogen-bond donors (Lipinski definition) is 3. The van der Waals surface area contributed by atoms with Gasteiger partial charge in [-0.3, -0.25) is 4.57 Å². The fourth-order valence-electron chi connectivity index (χ4n) is 4.17. The summed E-state index contributed by atoms with van der Waals surface area (Å²) in [5.74, 6) is -0.651. The third kappa shape index (κ3) is 4.97. The largest absolute Gasteiger partial charge is 0.511 e. The van der Waals surface area contributed by atoms with Gasteiger partial charge in [-0.2, -0.15) is 13.2 Å². The average Bonchev–Trinajstić information content (AvgIpc) is 3.18. The normalized spacial score (nSPS) is 11.8. The van der Waals surface area contributed by atoms with Crippen molar-refractivity contribution in [2.24, 2.45) is 10.2 Å². The molecule has 1 heterocycles. The Morgan fingerprint density at radius 2 is 1.59 bits per heavy atom. The molecule has 4 aromatic carbocycles. The molecule has 39 heavy (non-hydrogen) atoms. The fourth-order valence-corrected chi connectivity index (χ4v) is 4.17. The van der Waals surface area contributed by atoms with Crippen molar-refractivity contribution < 1.29 is 38.0 Å². The lowest BCUT2D eigenvalue weighted by atomic mass is 10.0. The van der Waals surface area contributed by atoms with E-state index >= 15 is 0 Å². The van der Waals surface area contributed by atoms with E-state index in [1.807, 2.05) is 0 Å². The molecular formula is C28H18F3N3O5. The molecule has 196 valence electrons. The number of carboxylic acid groups (broad SMARTS) is 1. The van der Waals surface area contributed by atoms with E-state index in [1.165, 1.54) is 34.9 Å². The second kappa shape index (κ2) is 9.86. The number of aromatic nitrogens is 1. The van der Waals surface area contributed by atoms with Gasteiger partial charge >= 0.3 is 12.3 Å². The van der Waals surface area contributed by atoms with Gasteiger partial charge in [0, 0.05) is 16.6 Å². The molecule has 0 fully saturated rings. The maximum atomic E-state index is 13.3. The number of ether oxygens (including phenoxy) is 1. The molecule has 0 spiro atoms. The van der Waals surface area contributed by atoms with Gasteiger partial charge in [0.25, 0.3) is 0 Å². The maximum Gasteiger partial charge on any atom is 0.511 e. The first-order valence-corrected chi connectivity index (χ1v) is 11.4. The number of phenols is 1. The number of azo groups is 1. The van der Waals surface area contributed by atoms with Crippen LogP contribution in [0, 0.1) is 0 Å². The van der Waals surface area contributed by atoms with Crippen molar-refractivity contribution in [1.82, 2.24) is 4.57 Å². The van der Waals surface area contributed by atoms with E-state index in [0.29, 0.717) is 22.0 Å². The van der Waals surface area contributed by atoms with Gasteiger partial charge in [-0.1, -0.05) is 48.5 Å². The molecule has 8 nitrogen and oxygen atoms in total. The second-order valence-corrected chi connectivity index (χ2v) is 8.34. The Morgan fingerprint density at radius 3 is 2.36 bits per heavy atom. The van der Waals surface area contributed by atoms with Crippen LogP contribution >= 0.6 is 0 Å². The highest BCUT2D eigenvalue weighted by atomic mass is 19.4. The fraction of sp³-hybridized carbons (Fsp3) is 0.0357. The smallest absolute Gasteiger partial charge is 0.505 e. The maximum absolute atomic E-state index is 13.3. The molecule has 0 amide bonds. The van der Waals surface area contributed by atoms with Gasteiger partial charge in [-0.25, -0.2) is 4.79 Å². The van der Waals surface area contributed by atoms with E-state index in [9.17, 15) is 28.2 Å². The van der Waals surface area contributed by atoms with Crippen molar-refractivity contribution in [1.29, 1.82) is 0 Å². The van der Waals surface area contributed by atoms with Crippen LogP contribution < -0.4 is 4.74 Å². The van der Waals surface area contributed by atoms with Crippen molar-refractivity contribution in [3.8, 4) is 34.2 Å². The molecule has 0 saturated heterocycles. The summed E-state index contributed by atoms with van der Waals surface area (Å²) < 4.78 is 45.9. The molecule has 11 heteroatoms. The van der Waals surface area contributed by atoms with E-state index in [4.69, 9.17) is 5.11 Å². The number of phenolic OH excluding ortho intramolecular Hbond substituents is 1. The molecule has 0 saturated carbocycles. The molecule has 0 aliphatic heterocycles. The number of carbonyl (C=O) groups is 1. The Hall–Kier alpha value is -5.32. The number of benzene rings is 4. The van der Waals surface area contributed by atoms with Gasteiger partial charge in [-0.15, -0.1) is 10.2 Å². The standard InChI is InChI=1S/C28H18F3N3O5/c29-28(30,31)17-7-4-8-18(15-17)34-23-13-2-1-10-21(23)24(26(34)36)33-32-22-12-5-11-20(25(22)35)16-6-3-9-19(14-16)39-27(37)38/h1-15,35-36H,(H,37,38). The lowest BCUT2D eigenvalue weighted by molar-refractivity contribution is -0.137. The Kier molecular flexibility index (Phi) is 6.40. The number of para-hydroxylation sites is 2. The lowest BCUT2D eigenvalue weighted by Gasteiger charge is -2.11. The van der Waals surface area contributed by atoms with E-state index in [2.05, 4.69) is 15.0 Å². The monoisotopic (exact) mass is 533 g/mol. The lowest BCUT2D eigenvalue weighted by Crippen LogP contribution is -2.05. The van der Waals surface area contributed by atoms with E-state index < -0.39 is 23.8 Å². The molecule has 0 atom stereocenters. The third-order valence-electron chi connectivity index (χ3n) is 5.88. The first-order chi connectivity index (χ1) is 18.6. The summed E-state index contributed by atoms with van der Waals surface area (Å²) in [4.78, 5) is 10.9. The molecule has 5 rings (SSSR count). The van der Waals surface area contributed by atoms with Crippen molar-refractivity contribution in [2.75, 3.05) is 0 Å². The van der Waals surface area contributed by atoms with Gasteiger partial charge in [-0.05, 0) is 48.0 Å². The zero-order valence-electron chi connectivity index (χ0n) is 19.8. The number of aromatic hydroxyl groups is 2. The Labute approximate surface area is 218 Å². The highest BCUT2D eigenvalue weighted by Gasteiger charge is 2.31. The molecule has 1 aromatic heterocycles. The molecule has 3 N–H and O–H groups in total. The minimum atomic E-state index is -4.57. The Bertz CT molecular complexity index is 1740. The zero-order valence-corrected chi connectivity index (χ0v) is 19.8. The number of rotatable bonds is 5. The van der Waals surface area contributed by atoms with Crippen LogP contribution in [0.2, 0.25) is 0 Å². The molecule has 5 aromatic rings. The summed E-state index contributed by atoms with van der Waals surface area (Å²) >= 11 is 0. The van der Waals surface area contributed by atoms with Crippen molar-refractivity contribution >= 4 is 28.4 Å². The first kappa shape index (κ1) is 25.3. The van der Waals surface area contributed by atoms with Gasteiger partial charge < -0.3 is 20.1 Å². The van der Waals surface area contributed by atoms with Crippen LogP contribution in [-0.2, 0) is 6.18 Å². The summed E-state index contributed by atoms with van der Waals surface area (Å²) in [6.07, 6.45) is -6.05. The molecule has 0 aliphatic carbocycles. The molecular weight excluding hydrogens is 515 g/mol. The molecule has 0 unspecified atom stereocenters. The van der Waals surface area contributed by atoms with Crippen molar-refractivity contribution in [3.63, 3.8) is 0 Å². The predicted molar refractivity (Wildman–Crippen MR) is 136 cm³/mol. The summed E-state index contributed by atoms with van der Waals surface area (Å²) in [5.41, 5.74) is 0.395. The number of hydrogen-bond acceptors (Lipinski definition) is 6. The summed E-state index contributed by atoms with van der Waals surface area (Å²) in [5, 5.41) is 39.5. The minimum Gasteiger partial charge on any atom is -0.505 e. The molecule has 0 radical (unpaired) electrons. The van der Waals surface area contributed by atoms with Crippen molar-refractivity contribution in [2.45, 2.75) is 6.18 Å². The Balaban J connectivity index is 1.57. The predicted octanol–water partition coefficient (Wildman–Crippen LogP) is 8.20. The molecule has 0 aliphatic rings. The van der Waals surface area contributed by atoms with Gasteiger partial charge in [0.1, 0.15) is 11.4 Å². The number of halogens is 3. The van der Waals surface area contributed by atoms with E-state index in [-0.39, 0.29) is 28.6 Å². The summed E-state index contributed by atoms with van der Waals surface area (Å²) in [7, 11) is 0. The van der Waals surface area contributed by atoms with Crippen LogP contribution in [0.3, 0.4) is 0 Å². The van der Waals surface area contributed by atoms with Crippen LogP contribution in [0.25, 0.3) is 27.7 Å². The van der Waals surface area contributed by atoms with E-state index in [1.54, 1.807) is 48.5 Å². The number of nitrogens with zero attached hydrogens (tertiary/aromatic N) is 3. The SMILES string of the molecule is O=C(O)Oc1cccc(-c2cccc(N=Nc3c(O)n(-c4cccc(C(F)(F)F)c4)c4ccccc34)c2O)c1. The molecule has 0 bridgehead atoms. The highest BCUT2D eigenvalue weighted by molar-refractivity contribution is 5.96. The average molecular weight is 533 g/mol. The quantitative estimate of drug-likeness (QED) is 0.120. The van der Waals surface area contributed by atoms with Crippen molar-refractivity contribution in [3.05, 3.63) is 96.6 Å². The van der Waals surface area contributed by atoms with Crippen LogP contribution in [0.4, 0.5) is 29.3 Å².